The number of piperidine rings is 1. The summed E-state index contributed by atoms with van der Waals surface area (Å²) in [6, 6.07) is 12.3. The van der Waals surface area contributed by atoms with E-state index >= 15 is 0 Å². The van der Waals surface area contributed by atoms with Crippen LogP contribution in [0.25, 0.3) is 10.9 Å². The Labute approximate surface area is 145 Å². The summed E-state index contributed by atoms with van der Waals surface area (Å²) in [6.45, 7) is 1.75. The molecule has 0 radical (unpaired) electrons. The maximum absolute atomic E-state index is 13.1. The van der Waals surface area contributed by atoms with Crippen molar-refractivity contribution in [1.82, 2.24) is 9.97 Å². The van der Waals surface area contributed by atoms with Crippen molar-refractivity contribution in [3.8, 4) is 0 Å². The van der Waals surface area contributed by atoms with Gasteiger partial charge in [0.15, 0.2) is 0 Å². The number of anilines is 1. The Morgan fingerprint density at radius 3 is 2.52 bits per heavy atom. The van der Waals surface area contributed by atoms with Gasteiger partial charge in [-0.2, -0.15) is 0 Å². The molecule has 5 heteroatoms. The van der Waals surface area contributed by atoms with Gasteiger partial charge in [-0.3, -0.25) is 4.79 Å². The monoisotopic (exact) mass is 335 g/mol. The maximum atomic E-state index is 13.1. The van der Waals surface area contributed by atoms with Crippen LogP contribution in [0, 0.1) is 5.82 Å². The summed E-state index contributed by atoms with van der Waals surface area (Å²) in [6.07, 6.45) is 4.40. The first-order valence-corrected chi connectivity index (χ1v) is 8.45. The van der Waals surface area contributed by atoms with Crippen LogP contribution in [0.15, 0.2) is 48.8 Å². The molecule has 4 nitrogen and oxygen atoms in total. The Hall–Kier alpha value is -2.82. The Kier molecular flexibility index (Phi) is 4.14. The molecule has 0 atom stereocenters. The van der Waals surface area contributed by atoms with E-state index in [2.05, 4.69) is 14.9 Å². The predicted octanol–water partition coefficient (Wildman–Crippen LogP) is 3.97. The lowest BCUT2D eigenvalue weighted by atomic mass is 9.89. The summed E-state index contributed by atoms with van der Waals surface area (Å²) < 4.78 is 13.1. The fourth-order valence-electron chi connectivity index (χ4n) is 3.55. The molecular weight excluding hydrogens is 317 g/mol. The van der Waals surface area contributed by atoms with E-state index in [1.165, 1.54) is 17.7 Å². The number of nitrogens with zero attached hydrogens (tertiary/aromatic N) is 3. The fraction of sp³-hybridized carbons (Fsp3) is 0.250. The van der Waals surface area contributed by atoms with Crippen molar-refractivity contribution >= 4 is 23.0 Å². The minimum absolute atomic E-state index is 0.195. The van der Waals surface area contributed by atoms with Crippen LogP contribution in [0.1, 0.15) is 34.7 Å². The second-order valence-electron chi connectivity index (χ2n) is 6.40. The van der Waals surface area contributed by atoms with Gasteiger partial charge in [0.25, 0.3) is 0 Å². The van der Waals surface area contributed by atoms with Crippen LogP contribution < -0.4 is 4.90 Å². The zero-order valence-corrected chi connectivity index (χ0v) is 13.7. The fourth-order valence-corrected chi connectivity index (χ4v) is 3.55. The van der Waals surface area contributed by atoms with Gasteiger partial charge < -0.3 is 4.90 Å². The third kappa shape index (κ3) is 3.09. The summed E-state index contributed by atoms with van der Waals surface area (Å²) >= 11 is 0. The van der Waals surface area contributed by atoms with Gasteiger partial charge >= 0.3 is 0 Å². The molecule has 2 aromatic carbocycles. The average molecular weight is 335 g/mol. The molecule has 3 aromatic rings. The lowest BCUT2D eigenvalue weighted by Gasteiger charge is -2.33. The van der Waals surface area contributed by atoms with Crippen molar-refractivity contribution < 1.29 is 9.18 Å². The highest BCUT2D eigenvalue weighted by molar-refractivity contribution is 5.93. The largest absolute Gasteiger partial charge is 0.356 e. The maximum Gasteiger partial charge on any atom is 0.150 e. The summed E-state index contributed by atoms with van der Waals surface area (Å²) in [7, 11) is 0. The summed E-state index contributed by atoms with van der Waals surface area (Å²) in [5.41, 5.74) is 2.66. The molecule has 0 bridgehead atoms. The van der Waals surface area contributed by atoms with E-state index in [1.54, 1.807) is 12.4 Å². The van der Waals surface area contributed by atoms with E-state index in [9.17, 15) is 9.18 Å². The molecule has 126 valence electrons. The molecule has 1 fully saturated rings. The third-order valence-electron chi connectivity index (χ3n) is 4.91. The van der Waals surface area contributed by atoms with E-state index < -0.39 is 0 Å². The number of carbonyl (C=O) groups is 1. The minimum atomic E-state index is -0.195. The van der Waals surface area contributed by atoms with Gasteiger partial charge in [-0.15, -0.1) is 0 Å². The van der Waals surface area contributed by atoms with Crippen LogP contribution in [-0.2, 0) is 0 Å². The molecule has 0 spiro atoms. The molecule has 1 saturated heterocycles. The number of rotatable bonds is 3. The summed E-state index contributed by atoms with van der Waals surface area (Å²) in [5, 5.41) is 0.910. The molecule has 1 aliphatic rings. The molecular formula is C20H18FN3O. The Bertz CT molecular complexity index is 902. The zero-order valence-electron chi connectivity index (χ0n) is 13.7. The highest BCUT2D eigenvalue weighted by Crippen LogP contribution is 2.32. The number of benzene rings is 2. The Morgan fingerprint density at radius 2 is 1.80 bits per heavy atom. The first kappa shape index (κ1) is 15.7. The average Bonchev–Trinajstić information content (AvgIpc) is 2.68. The number of carbonyl (C=O) groups excluding carboxylic acids is 1. The number of halogens is 1. The van der Waals surface area contributed by atoms with Gasteiger partial charge in [-0.25, -0.2) is 14.4 Å². The molecule has 0 N–H and O–H groups in total. The molecule has 0 amide bonds. The molecule has 0 saturated carbocycles. The van der Waals surface area contributed by atoms with E-state index in [0.29, 0.717) is 11.5 Å². The third-order valence-corrected chi connectivity index (χ3v) is 4.91. The smallest absolute Gasteiger partial charge is 0.150 e. The van der Waals surface area contributed by atoms with Crippen molar-refractivity contribution in [1.29, 1.82) is 0 Å². The summed E-state index contributed by atoms with van der Waals surface area (Å²) in [5.74, 6) is 1.13. The van der Waals surface area contributed by atoms with Crippen molar-refractivity contribution in [2.24, 2.45) is 0 Å². The van der Waals surface area contributed by atoms with Crippen LogP contribution in [0.3, 0.4) is 0 Å². The zero-order chi connectivity index (χ0) is 17.2. The highest BCUT2D eigenvalue weighted by atomic mass is 19.1. The van der Waals surface area contributed by atoms with Gasteiger partial charge in [-0.05, 0) is 54.7 Å². The van der Waals surface area contributed by atoms with E-state index in [4.69, 9.17) is 0 Å². The van der Waals surface area contributed by atoms with Crippen LogP contribution >= 0.6 is 0 Å². The summed E-state index contributed by atoms with van der Waals surface area (Å²) in [4.78, 5) is 22.1. The van der Waals surface area contributed by atoms with Crippen LogP contribution in [0.2, 0.25) is 0 Å². The minimum Gasteiger partial charge on any atom is -0.356 e. The van der Waals surface area contributed by atoms with Crippen molar-refractivity contribution in [2.75, 3.05) is 18.0 Å². The van der Waals surface area contributed by atoms with E-state index in [0.717, 1.165) is 48.9 Å². The first-order valence-electron chi connectivity index (χ1n) is 8.45. The van der Waals surface area contributed by atoms with Crippen LogP contribution in [0.4, 0.5) is 10.2 Å². The topological polar surface area (TPSA) is 46.1 Å². The number of aromatic nitrogens is 2. The van der Waals surface area contributed by atoms with Gasteiger partial charge in [0.1, 0.15) is 24.2 Å². The molecule has 4 rings (SSSR count). The molecule has 2 heterocycles. The van der Waals surface area contributed by atoms with E-state index in [1.807, 2.05) is 24.3 Å². The molecule has 25 heavy (non-hydrogen) atoms. The van der Waals surface area contributed by atoms with Gasteiger partial charge in [-0.1, -0.05) is 12.1 Å². The van der Waals surface area contributed by atoms with Crippen molar-refractivity contribution in [3.05, 3.63) is 65.7 Å². The van der Waals surface area contributed by atoms with Crippen molar-refractivity contribution in [2.45, 2.75) is 18.8 Å². The first-order chi connectivity index (χ1) is 12.2. The number of hydrogen-bond acceptors (Lipinski definition) is 4. The second-order valence-corrected chi connectivity index (χ2v) is 6.40. The SMILES string of the molecule is O=Cc1ccc2ncnc(N3CCC(c4ccc(F)cc4)CC3)c2c1. The van der Waals surface area contributed by atoms with Gasteiger partial charge in [0.2, 0.25) is 0 Å². The molecule has 1 aliphatic heterocycles. The lowest BCUT2D eigenvalue weighted by Crippen LogP contribution is -2.33. The quantitative estimate of drug-likeness (QED) is 0.680. The number of hydrogen-bond donors (Lipinski definition) is 0. The second kappa shape index (κ2) is 6.59. The highest BCUT2D eigenvalue weighted by Gasteiger charge is 2.23. The van der Waals surface area contributed by atoms with E-state index in [-0.39, 0.29) is 5.82 Å². The normalized spacial score (nSPS) is 15.5. The Balaban J connectivity index is 1.57. The number of fused-ring (bicyclic) bond motifs is 1. The Morgan fingerprint density at radius 1 is 1.04 bits per heavy atom. The molecule has 0 aliphatic carbocycles. The predicted molar refractivity (Wildman–Crippen MR) is 95.5 cm³/mol. The van der Waals surface area contributed by atoms with Crippen LogP contribution in [0.5, 0.6) is 0 Å². The van der Waals surface area contributed by atoms with Gasteiger partial charge in [0, 0.05) is 24.0 Å². The van der Waals surface area contributed by atoms with Gasteiger partial charge in [0.05, 0.1) is 5.52 Å². The van der Waals surface area contributed by atoms with Crippen molar-refractivity contribution in [3.63, 3.8) is 0 Å². The lowest BCUT2D eigenvalue weighted by molar-refractivity contribution is 0.112. The molecule has 0 unspecified atom stereocenters. The molecule has 1 aromatic heterocycles. The number of aldehydes is 1. The van der Waals surface area contributed by atoms with Crippen LogP contribution in [-0.4, -0.2) is 29.3 Å². The standard InChI is InChI=1S/C20H18FN3O/c21-17-4-2-15(3-5-17)16-7-9-24(10-8-16)20-18-11-14(12-25)1-6-19(18)22-13-23-20/h1-6,11-13,16H,7-10H2.